The molecule has 1 aliphatic rings. The van der Waals surface area contributed by atoms with E-state index in [9.17, 15) is 4.79 Å². The molecule has 0 aromatic heterocycles. The molecule has 1 aliphatic heterocycles. The molecule has 1 heterocycles. The molecule has 0 radical (unpaired) electrons. The Hall–Kier alpha value is -0.610. The van der Waals surface area contributed by atoms with Gasteiger partial charge in [-0.1, -0.05) is 25.1 Å². The largest absolute Gasteiger partial charge is 0.457 e. The van der Waals surface area contributed by atoms with Crippen LogP contribution in [0, 0.1) is 0 Å². The number of thioether (sulfide) groups is 2. The normalized spacial score (nSPS) is 18.3. The second kappa shape index (κ2) is 7.10. The van der Waals surface area contributed by atoms with E-state index in [4.69, 9.17) is 4.74 Å². The molecule has 1 aromatic rings. The van der Waals surface area contributed by atoms with Crippen LogP contribution in [0.15, 0.2) is 30.3 Å². The zero-order chi connectivity index (χ0) is 12.8. The smallest absolute Gasteiger partial charge is 0.338 e. The van der Waals surface area contributed by atoms with Gasteiger partial charge in [-0.3, -0.25) is 0 Å². The molecule has 18 heavy (non-hydrogen) atoms. The molecular weight excluding hydrogens is 264 g/mol. The lowest BCUT2D eigenvalue weighted by Gasteiger charge is -2.28. The predicted molar refractivity (Wildman–Crippen MR) is 79.3 cm³/mol. The molecule has 0 N–H and O–H groups in total. The molecule has 1 saturated heterocycles. The first kappa shape index (κ1) is 13.8. The second-order valence-corrected chi connectivity index (χ2v) is 6.98. The van der Waals surface area contributed by atoms with Crippen LogP contribution < -0.4 is 0 Å². The Morgan fingerprint density at radius 1 is 1.33 bits per heavy atom. The summed E-state index contributed by atoms with van der Waals surface area (Å²) in [7, 11) is 0. The summed E-state index contributed by atoms with van der Waals surface area (Å²) in [5, 5.41) is 0. The fourth-order valence-electron chi connectivity index (χ4n) is 1.83. The van der Waals surface area contributed by atoms with E-state index >= 15 is 0 Å². The van der Waals surface area contributed by atoms with Gasteiger partial charge in [0.05, 0.1) is 10.1 Å². The number of rotatable bonds is 4. The van der Waals surface area contributed by atoms with Crippen LogP contribution in [0.1, 0.15) is 30.1 Å². The minimum Gasteiger partial charge on any atom is -0.457 e. The molecule has 1 fully saturated rings. The van der Waals surface area contributed by atoms with Crippen molar-refractivity contribution in [2.75, 3.05) is 11.5 Å². The highest BCUT2D eigenvalue weighted by Gasteiger charge is 2.27. The maximum Gasteiger partial charge on any atom is 0.338 e. The quantitative estimate of drug-likeness (QED) is 0.784. The van der Waals surface area contributed by atoms with Crippen molar-refractivity contribution < 1.29 is 9.53 Å². The Morgan fingerprint density at radius 3 is 2.61 bits per heavy atom. The number of hydrogen-bond donors (Lipinski definition) is 0. The van der Waals surface area contributed by atoms with Crippen LogP contribution in [0.25, 0.3) is 0 Å². The minimum atomic E-state index is -0.200. The Bertz CT molecular complexity index is 375. The van der Waals surface area contributed by atoms with Crippen LogP contribution in [0.2, 0.25) is 0 Å². The number of carbonyl (C=O) groups excluding carboxylic acids is 1. The van der Waals surface area contributed by atoms with Crippen molar-refractivity contribution in [1.29, 1.82) is 0 Å². The maximum absolute atomic E-state index is 12.0. The zero-order valence-electron chi connectivity index (χ0n) is 10.5. The molecule has 0 amide bonds. The molecule has 4 heteroatoms. The van der Waals surface area contributed by atoms with Crippen LogP contribution in [-0.2, 0) is 4.74 Å². The molecule has 0 bridgehead atoms. The summed E-state index contributed by atoms with van der Waals surface area (Å²) in [5.74, 6) is 2.16. The lowest BCUT2D eigenvalue weighted by atomic mass is 10.2. The molecular formula is C14H18O2S2. The average Bonchev–Trinajstić information content (AvgIpc) is 2.46. The van der Waals surface area contributed by atoms with E-state index in [1.54, 1.807) is 12.1 Å². The first-order valence-electron chi connectivity index (χ1n) is 6.30. The molecule has 1 aromatic carbocycles. The fourth-order valence-corrected chi connectivity index (χ4v) is 4.99. The van der Waals surface area contributed by atoms with E-state index in [2.05, 4.69) is 6.92 Å². The molecule has 0 aliphatic carbocycles. The Balaban J connectivity index is 1.95. The first-order valence-corrected chi connectivity index (χ1v) is 8.40. The van der Waals surface area contributed by atoms with Crippen LogP contribution in [0.4, 0.5) is 0 Å². The fraction of sp³-hybridized carbons (Fsp3) is 0.500. The highest BCUT2D eigenvalue weighted by molar-refractivity contribution is 8.17. The summed E-state index contributed by atoms with van der Waals surface area (Å²) >= 11 is 3.84. The van der Waals surface area contributed by atoms with Gasteiger partial charge < -0.3 is 4.74 Å². The Morgan fingerprint density at radius 2 is 2.00 bits per heavy atom. The van der Waals surface area contributed by atoms with E-state index in [1.165, 1.54) is 17.9 Å². The number of ether oxygens (including phenoxy) is 1. The lowest BCUT2D eigenvalue weighted by Crippen LogP contribution is -2.28. The van der Waals surface area contributed by atoms with E-state index in [0.717, 1.165) is 6.42 Å². The highest BCUT2D eigenvalue weighted by Crippen LogP contribution is 2.35. The molecule has 0 spiro atoms. The van der Waals surface area contributed by atoms with E-state index < -0.39 is 0 Å². The van der Waals surface area contributed by atoms with Gasteiger partial charge in [-0.15, -0.1) is 23.5 Å². The van der Waals surface area contributed by atoms with Crippen LogP contribution in [-0.4, -0.2) is 28.2 Å². The Labute approximate surface area is 117 Å². The van der Waals surface area contributed by atoms with Gasteiger partial charge in [0, 0.05) is 0 Å². The average molecular weight is 282 g/mol. The molecule has 98 valence electrons. The predicted octanol–water partition coefficient (Wildman–Crippen LogP) is 3.82. The number of hydrogen-bond acceptors (Lipinski definition) is 4. The van der Waals surface area contributed by atoms with Crippen molar-refractivity contribution in [2.24, 2.45) is 0 Å². The van der Waals surface area contributed by atoms with Crippen molar-refractivity contribution in [3.63, 3.8) is 0 Å². The summed E-state index contributed by atoms with van der Waals surface area (Å²) in [6, 6.07) is 9.23. The molecule has 2 rings (SSSR count). The molecule has 2 nitrogen and oxygen atoms in total. The minimum absolute atomic E-state index is 0.0213. The number of benzene rings is 1. The highest BCUT2D eigenvalue weighted by atomic mass is 32.2. The number of esters is 1. The van der Waals surface area contributed by atoms with E-state index in [0.29, 0.717) is 10.1 Å². The lowest BCUT2D eigenvalue weighted by molar-refractivity contribution is 0.0328. The van der Waals surface area contributed by atoms with Gasteiger partial charge in [-0.2, -0.15) is 0 Å². The van der Waals surface area contributed by atoms with Crippen molar-refractivity contribution in [3.05, 3.63) is 35.9 Å². The van der Waals surface area contributed by atoms with E-state index in [1.807, 2.05) is 41.7 Å². The summed E-state index contributed by atoms with van der Waals surface area (Å²) in [6.45, 7) is 2.08. The molecule has 0 unspecified atom stereocenters. The van der Waals surface area contributed by atoms with Gasteiger partial charge in [0.25, 0.3) is 0 Å². The third-order valence-electron chi connectivity index (χ3n) is 2.83. The van der Waals surface area contributed by atoms with Gasteiger partial charge >= 0.3 is 5.97 Å². The maximum atomic E-state index is 12.0. The summed E-state index contributed by atoms with van der Waals surface area (Å²) < 4.78 is 6.04. The molecule has 1 atom stereocenters. The third kappa shape index (κ3) is 3.69. The third-order valence-corrected chi connectivity index (χ3v) is 5.96. The number of carbonyl (C=O) groups is 1. The van der Waals surface area contributed by atoms with Gasteiger partial charge in [0.1, 0.15) is 6.10 Å². The van der Waals surface area contributed by atoms with Crippen LogP contribution >= 0.6 is 23.5 Å². The van der Waals surface area contributed by atoms with Crippen molar-refractivity contribution in [2.45, 2.75) is 30.5 Å². The second-order valence-electron chi connectivity index (χ2n) is 4.18. The summed E-state index contributed by atoms with van der Waals surface area (Å²) in [6.07, 6.45) is 2.16. The topological polar surface area (TPSA) is 26.3 Å². The summed E-state index contributed by atoms with van der Waals surface area (Å²) in [5.41, 5.74) is 0.641. The van der Waals surface area contributed by atoms with Gasteiger partial charge in [0.2, 0.25) is 0 Å². The van der Waals surface area contributed by atoms with Crippen molar-refractivity contribution in [3.8, 4) is 0 Å². The zero-order valence-corrected chi connectivity index (χ0v) is 12.1. The monoisotopic (exact) mass is 282 g/mol. The van der Waals surface area contributed by atoms with Crippen molar-refractivity contribution >= 4 is 29.5 Å². The standard InChI is InChI=1S/C14H18O2S2/c1-2-12(14-17-9-6-10-18-14)16-13(15)11-7-4-3-5-8-11/h3-5,7-8,12,14H,2,6,9-10H2,1H3/t12-/m0/s1. The first-order chi connectivity index (χ1) is 8.81. The van der Waals surface area contributed by atoms with Gasteiger partial charge in [-0.25, -0.2) is 4.79 Å². The van der Waals surface area contributed by atoms with Crippen LogP contribution in [0.5, 0.6) is 0 Å². The summed E-state index contributed by atoms with van der Waals surface area (Å²) in [4.78, 5) is 12.0. The van der Waals surface area contributed by atoms with Crippen LogP contribution in [0.3, 0.4) is 0 Å². The van der Waals surface area contributed by atoms with Gasteiger partial charge in [0.15, 0.2) is 0 Å². The molecule has 0 saturated carbocycles. The van der Waals surface area contributed by atoms with Gasteiger partial charge in [-0.05, 0) is 36.5 Å². The Kier molecular flexibility index (Phi) is 5.45. The SMILES string of the molecule is CC[C@H](OC(=O)c1ccccc1)C1SCCCS1. The van der Waals surface area contributed by atoms with E-state index in [-0.39, 0.29) is 12.1 Å². The van der Waals surface area contributed by atoms with Crippen molar-refractivity contribution in [1.82, 2.24) is 0 Å².